The summed E-state index contributed by atoms with van der Waals surface area (Å²) in [5.74, 6) is 0.0376. The molecule has 2 aliphatic heterocycles. The van der Waals surface area contributed by atoms with Gasteiger partial charge in [-0.25, -0.2) is 0 Å². The van der Waals surface area contributed by atoms with Gasteiger partial charge in [-0.15, -0.1) is 0 Å². The van der Waals surface area contributed by atoms with E-state index in [4.69, 9.17) is 4.74 Å². The predicted octanol–water partition coefficient (Wildman–Crippen LogP) is 3.68. The highest BCUT2D eigenvalue weighted by Gasteiger charge is 2.35. The Morgan fingerprint density at radius 2 is 1.93 bits per heavy atom. The third-order valence-electron chi connectivity index (χ3n) is 5.60. The molecule has 2 atom stereocenters. The van der Waals surface area contributed by atoms with Gasteiger partial charge in [0.2, 0.25) is 0 Å². The van der Waals surface area contributed by atoms with Gasteiger partial charge in [0.25, 0.3) is 5.91 Å². The molecule has 0 spiro atoms. The molecule has 148 valence electrons. The van der Waals surface area contributed by atoms with Crippen molar-refractivity contribution in [1.82, 2.24) is 14.7 Å². The predicted molar refractivity (Wildman–Crippen MR) is 111 cm³/mol. The van der Waals surface area contributed by atoms with E-state index >= 15 is 0 Å². The summed E-state index contributed by atoms with van der Waals surface area (Å²) in [5, 5.41) is 8.08. The van der Waals surface area contributed by atoms with E-state index in [1.165, 1.54) is 5.56 Å². The Bertz CT molecular complexity index is 995. The van der Waals surface area contributed by atoms with Crippen LogP contribution in [0.25, 0.3) is 0 Å². The number of rotatable bonds is 5. The van der Waals surface area contributed by atoms with Crippen molar-refractivity contribution in [3.8, 4) is 0 Å². The Morgan fingerprint density at radius 3 is 2.76 bits per heavy atom. The van der Waals surface area contributed by atoms with Gasteiger partial charge in [-0.3, -0.25) is 9.48 Å². The normalized spacial score (nSPS) is 21.1. The van der Waals surface area contributed by atoms with Crippen molar-refractivity contribution in [2.45, 2.75) is 31.7 Å². The molecule has 3 aromatic rings. The number of para-hydroxylation sites is 1. The average molecular weight is 388 g/mol. The Kier molecular flexibility index (Phi) is 4.77. The van der Waals surface area contributed by atoms with Gasteiger partial charge in [0.05, 0.1) is 24.4 Å². The average Bonchev–Trinajstić information content (AvgIpc) is 3.43. The van der Waals surface area contributed by atoms with Crippen LogP contribution in [0.4, 0.5) is 5.69 Å². The Labute approximate surface area is 170 Å². The lowest BCUT2D eigenvalue weighted by molar-refractivity contribution is 0.0427. The van der Waals surface area contributed by atoms with Crippen molar-refractivity contribution in [2.24, 2.45) is 0 Å². The molecule has 1 aromatic heterocycles. The molecule has 2 aliphatic rings. The molecule has 5 rings (SSSR count). The van der Waals surface area contributed by atoms with E-state index in [1.54, 1.807) is 0 Å². The minimum absolute atomic E-state index is 0.0376. The third kappa shape index (κ3) is 3.63. The van der Waals surface area contributed by atoms with Crippen LogP contribution in [0, 0.1) is 0 Å². The molecular formula is C23H24N4O2. The Balaban J connectivity index is 1.44. The molecule has 0 radical (unpaired) electrons. The van der Waals surface area contributed by atoms with Gasteiger partial charge < -0.3 is 15.0 Å². The van der Waals surface area contributed by atoms with E-state index in [1.807, 2.05) is 64.4 Å². The highest BCUT2D eigenvalue weighted by atomic mass is 16.5. The number of nitrogens with one attached hydrogen (secondary N) is 1. The lowest BCUT2D eigenvalue weighted by Crippen LogP contribution is -2.46. The van der Waals surface area contributed by atoms with Gasteiger partial charge in [0.15, 0.2) is 0 Å². The molecule has 3 heterocycles. The summed E-state index contributed by atoms with van der Waals surface area (Å²) >= 11 is 0. The second-order valence-electron chi connectivity index (χ2n) is 7.64. The summed E-state index contributed by atoms with van der Waals surface area (Å²) in [5.41, 5.74) is 3.73. The van der Waals surface area contributed by atoms with Crippen LogP contribution in [0.15, 0.2) is 67.0 Å². The number of amides is 1. The van der Waals surface area contributed by atoms with Crippen LogP contribution >= 0.6 is 0 Å². The largest absolute Gasteiger partial charge is 0.376 e. The van der Waals surface area contributed by atoms with Crippen LogP contribution < -0.4 is 5.32 Å². The topological polar surface area (TPSA) is 59.4 Å². The maximum atomic E-state index is 13.3. The van der Waals surface area contributed by atoms with Gasteiger partial charge >= 0.3 is 0 Å². The van der Waals surface area contributed by atoms with Crippen LogP contribution in [0.1, 0.15) is 40.5 Å². The first-order chi connectivity index (χ1) is 14.3. The SMILES string of the molecule is O=C1c2ccccc2N[C@H](c2cnn(Cc3ccccc3)c2)N1C[C@H]1CCCO1. The van der Waals surface area contributed by atoms with E-state index in [9.17, 15) is 4.79 Å². The van der Waals surface area contributed by atoms with Gasteiger partial charge in [-0.1, -0.05) is 42.5 Å². The summed E-state index contributed by atoms with van der Waals surface area (Å²) in [6, 6.07) is 17.9. The number of carbonyl (C=O) groups excluding carboxylic acids is 1. The summed E-state index contributed by atoms with van der Waals surface area (Å²) < 4.78 is 7.74. The van der Waals surface area contributed by atoms with Crippen LogP contribution in [-0.2, 0) is 11.3 Å². The molecule has 2 aromatic carbocycles. The lowest BCUT2D eigenvalue weighted by Gasteiger charge is -2.38. The number of ether oxygens (including phenoxy) is 1. The van der Waals surface area contributed by atoms with Crippen molar-refractivity contribution in [2.75, 3.05) is 18.5 Å². The first kappa shape index (κ1) is 17.9. The molecule has 0 unspecified atom stereocenters. The van der Waals surface area contributed by atoms with Crippen molar-refractivity contribution in [3.63, 3.8) is 0 Å². The molecule has 29 heavy (non-hydrogen) atoms. The van der Waals surface area contributed by atoms with E-state index in [-0.39, 0.29) is 18.2 Å². The van der Waals surface area contributed by atoms with E-state index in [2.05, 4.69) is 22.5 Å². The summed E-state index contributed by atoms with van der Waals surface area (Å²) in [4.78, 5) is 15.2. The summed E-state index contributed by atoms with van der Waals surface area (Å²) in [6.45, 7) is 2.05. The first-order valence-electron chi connectivity index (χ1n) is 10.1. The van der Waals surface area contributed by atoms with Gasteiger partial charge in [-0.2, -0.15) is 5.10 Å². The maximum Gasteiger partial charge on any atom is 0.257 e. The molecule has 6 nitrogen and oxygen atoms in total. The smallest absolute Gasteiger partial charge is 0.257 e. The second kappa shape index (κ2) is 7.72. The first-order valence-corrected chi connectivity index (χ1v) is 10.1. The number of hydrogen-bond acceptors (Lipinski definition) is 4. The third-order valence-corrected chi connectivity index (χ3v) is 5.60. The molecule has 0 saturated carbocycles. The zero-order valence-electron chi connectivity index (χ0n) is 16.2. The van der Waals surface area contributed by atoms with Crippen LogP contribution in [0.2, 0.25) is 0 Å². The molecule has 1 fully saturated rings. The van der Waals surface area contributed by atoms with E-state index in [0.29, 0.717) is 18.7 Å². The fraction of sp³-hybridized carbons (Fsp3) is 0.304. The van der Waals surface area contributed by atoms with Gasteiger partial charge in [0, 0.05) is 30.6 Å². The van der Waals surface area contributed by atoms with Gasteiger partial charge in [-0.05, 0) is 30.5 Å². The summed E-state index contributed by atoms with van der Waals surface area (Å²) in [6.07, 6.45) is 5.75. The molecule has 0 aliphatic carbocycles. The number of hydrogen-bond donors (Lipinski definition) is 1. The standard InChI is InChI=1S/C23H24N4O2/c28-23-20-10-4-5-11-21(20)25-22(27(23)16-19-9-6-12-29-19)18-13-24-26(15-18)14-17-7-2-1-3-8-17/h1-5,7-8,10-11,13,15,19,22,25H,6,9,12,14,16H2/t19-,22+/m1/s1. The van der Waals surface area contributed by atoms with E-state index < -0.39 is 0 Å². The fourth-order valence-corrected chi connectivity index (χ4v) is 4.13. The molecular weight excluding hydrogens is 364 g/mol. The maximum absolute atomic E-state index is 13.3. The highest BCUT2D eigenvalue weighted by Crippen LogP contribution is 2.34. The molecule has 1 amide bonds. The number of carbonyl (C=O) groups is 1. The summed E-state index contributed by atoms with van der Waals surface area (Å²) in [7, 11) is 0. The molecule has 1 N–H and O–H groups in total. The van der Waals surface area contributed by atoms with Crippen LogP contribution in [0.5, 0.6) is 0 Å². The molecule has 1 saturated heterocycles. The lowest BCUT2D eigenvalue weighted by atomic mass is 10.0. The van der Waals surface area contributed by atoms with Crippen LogP contribution in [-0.4, -0.2) is 39.8 Å². The zero-order chi connectivity index (χ0) is 19.6. The molecule has 6 heteroatoms. The monoisotopic (exact) mass is 388 g/mol. The second-order valence-corrected chi connectivity index (χ2v) is 7.64. The quantitative estimate of drug-likeness (QED) is 0.724. The van der Waals surface area contributed by atoms with Crippen molar-refractivity contribution < 1.29 is 9.53 Å². The van der Waals surface area contributed by atoms with E-state index in [0.717, 1.165) is 30.7 Å². The number of benzene rings is 2. The Morgan fingerprint density at radius 1 is 1.10 bits per heavy atom. The highest BCUT2D eigenvalue weighted by molar-refractivity contribution is 6.01. The zero-order valence-corrected chi connectivity index (χ0v) is 16.2. The van der Waals surface area contributed by atoms with Crippen LogP contribution in [0.3, 0.4) is 0 Å². The van der Waals surface area contributed by atoms with Crippen molar-refractivity contribution >= 4 is 11.6 Å². The number of anilines is 1. The number of fused-ring (bicyclic) bond motifs is 1. The Hall–Kier alpha value is -3.12. The fourth-order valence-electron chi connectivity index (χ4n) is 4.13. The van der Waals surface area contributed by atoms with Gasteiger partial charge in [0.1, 0.15) is 6.17 Å². The molecule has 0 bridgehead atoms. The van der Waals surface area contributed by atoms with Crippen molar-refractivity contribution in [1.29, 1.82) is 0 Å². The minimum Gasteiger partial charge on any atom is -0.376 e. The minimum atomic E-state index is -0.258. The number of aromatic nitrogens is 2. The van der Waals surface area contributed by atoms with Crippen molar-refractivity contribution in [3.05, 3.63) is 83.7 Å². The number of nitrogens with zero attached hydrogens (tertiary/aromatic N) is 3.